The molecule has 0 saturated carbocycles. The van der Waals surface area contributed by atoms with Crippen LogP contribution in [0, 0.1) is 5.92 Å². The number of hydrogen-bond donors (Lipinski definition) is 1. The molecule has 0 fully saturated rings. The minimum absolute atomic E-state index is 0.0378. The number of aliphatic carboxylic acids is 1. The van der Waals surface area contributed by atoms with Gasteiger partial charge in [0.05, 0.1) is 5.92 Å². The topological polar surface area (TPSA) is 57.6 Å². The molecule has 2 rings (SSSR count). The van der Waals surface area contributed by atoms with Crippen LogP contribution in [0.15, 0.2) is 24.3 Å². The average Bonchev–Trinajstić information content (AvgIpc) is 2.41. The van der Waals surface area contributed by atoms with Crippen molar-refractivity contribution in [2.24, 2.45) is 5.92 Å². The van der Waals surface area contributed by atoms with Crippen molar-refractivity contribution in [2.75, 3.05) is 13.1 Å². The Morgan fingerprint density at radius 2 is 2.16 bits per heavy atom. The molecule has 1 atom stereocenters. The predicted octanol–water partition coefficient (Wildman–Crippen LogP) is 2.19. The van der Waals surface area contributed by atoms with Crippen molar-refractivity contribution in [3.05, 3.63) is 35.4 Å². The molecule has 0 radical (unpaired) electrons. The third kappa shape index (κ3) is 2.95. The largest absolute Gasteiger partial charge is 0.481 e. The van der Waals surface area contributed by atoms with E-state index in [4.69, 9.17) is 0 Å². The lowest BCUT2D eigenvalue weighted by Gasteiger charge is -2.30. The Labute approximate surface area is 113 Å². The number of carboxylic acids is 1. The molecule has 0 spiro atoms. The summed E-state index contributed by atoms with van der Waals surface area (Å²) in [5.41, 5.74) is 1.78. The number of amides is 1. The Morgan fingerprint density at radius 1 is 1.42 bits per heavy atom. The Bertz CT molecular complexity index is 484. The van der Waals surface area contributed by atoms with E-state index in [1.165, 1.54) is 0 Å². The van der Waals surface area contributed by atoms with Crippen molar-refractivity contribution in [2.45, 2.75) is 26.2 Å². The second-order valence-electron chi connectivity index (χ2n) is 4.98. The lowest BCUT2D eigenvalue weighted by atomic mass is 9.96. The second kappa shape index (κ2) is 5.87. The minimum atomic E-state index is -0.812. The number of carbonyl (C=O) groups excluding carboxylic acids is 1. The molecule has 19 heavy (non-hydrogen) atoms. The van der Waals surface area contributed by atoms with Crippen LogP contribution in [0.1, 0.15) is 35.7 Å². The predicted molar refractivity (Wildman–Crippen MR) is 72.1 cm³/mol. The number of carboxylic acid groups (broad SMARTS) is 1. The number of fused-ring (bicyclic) bond motifs is 1. The first-order valence-electron chi connectivity index (χ1n) is 6.73. The lowest BCUT2D eigenvalue weighted by molar-refractivity contribution is -0.142. The van der Waals surface area contributed by atoms with E-state index >= 15 is 0 Å². The first-order valence-corrected chi connectivity index (χ1v) is 6.73. The highest BCUT2D eigenvalue weighted by atomic mass is 16.4. The standard InChI is InChI=1S/C15H19NO3/c1-2-5-12(15(18)19)10-16-9-8-11-6-3-4-7-13(11)14(16)17/h3-4,6-7,12H,2,5,8-10H2,1H3,(H,18,19). The molecule has 0 aliphatic carbocycles. The Hall–Kier alpha value is -1.84. The van der Waals surface area contributed by atoms with Crippen molar-refractivity contribution in [1.29, 1.82) is 0 Å². The molecular formula is C15H19NO3. The molecule has 1 aliphatic rings. The molecule has 1 aromatic rings. The molecule has 4 heteroatoms. The van der Waals surface area contributed by atoms with Gasteiger partial charge in [0.2, 0.25) is 0 Å². The van der Waals surface area contributed by atoms with Gasteiger partial charge in [-0.15, -0.1) is 0 Å². The monoisotopic (exact) mass is 261 g/mol. The van der Waals surface area contributed by atoms with Crippen LogP contribution in [-0.4, -0.2) is 35.0 Å². The van der Waals surface area contributed by atoms with E-state index in [1.54, 1.807) is 4.90 Å². The average molecular weight is 261 g/mol. The summed E-state index contributed by atoms with van der Waals surface area (Å²) in [5, 5.41) is 9.18. The maximum absolute atomic E-state index is 12.3. The highest BCUT2D eigenvalue weighted by Crippen LogP contribution is 2.20. The highest BCUT2D eigenvalue weighted by Gasteiger charge is 2.28. The van der Waals surface area contributed by atoms with E-state index in [2.05, 4.69) is 0 Å². The quantitative estimate of drug-likeness (QED) is 0.884. The van der Waals surface area contributed by atoms with E-state index in [0.717, 1.165) is 24.0 Å². The van der Waals surface area contributed by atoms with Crippen LogP contribution in [0.4, 0.5) is 0 Å². The van der Waals surface area contributed by atoms with Gasteiger partial charge in [-0.05, 0) is 24.5 Å². The van der Waals surface area contributed by atoms with Crippen LogP contribution in [0.3, 0.4) is 0 Å². The van der Waals surface area contributed by atoms with Gasteiger partial charge in [0.25, 0.3) is 5.91 Å². The summed E-state index contributed by atoms with van der Waals surface area (Å²) in [6.07, 6.45) is 2.23. The molecule has 0 aromatic heterocycles. The SMILES string of the molecule is CCCC(CN1CCc2ccccc2C1=O)C(=O)O. The Kier molecular flexibility index (Phi) is 4.20. The summed E-state index contributed by atoms with van der Waals surface area (Å²) in [5.74, 6) is -1.31. The summed E-state index contributed by atoms with van der Waals surface area (Å²) in [7, 11) is 0. The van der Waals surface area contributed by atoms with E-state index in [0.29, 0.717) is 19.5 Å². The summed E-state index contributed by atoms with van der Waals surface area (Å²) in [4.78, 5) is 25.2. The lowest BCUT2D eigenvalue weighted by Crippen LogP contribution is -2.42. The number of benzene rings is 1. The zero-order valence-corrected chi connectivity index (χ0v) is 11.1. The molecule has 1 amide bonds. The summed E-state index contributed by atoms with van der Waals surface area (Å²) < 4.78 is 0. The Morgan fingerprint density at radius 3 is 2.84 bits per heavy atom. The molecule has 0 bridgehead atoms. The van der Waals surface area contributed by atoms with Gasteiger partial charge >= 0.3 is 5.97 Å². The van der Waals surface area contributed by atoms with Crippen LogP contribution in [0.25, 0.3) is 0 Å². The smallest absolute Gasteiger partial charge is 0.308 e. The third-order valence-electron chi connectivity index (χ3n) is 3.61. The van der Waals surface area contributed by atoms with Crippen LogP contribution in [-0.2, 0) is 11.2 Å². The van der Waals surface area contributed by atoms with Crippen LogP contribution < -0.4 is 0 Å². The molecule has 1 heterocycles. The van der Waals surface area contributed by atoms with Crippen LogP contribution >= 0.6 is 0 Å². The van der Waals surface area contributed by atoms with Gasteiger partial charge < -0.3 is 10.0 Å². The van der Waals surface area contributed by atoms with E-state index in [9.17, 15) is 14.7 Å². The fourth-order valence-electron chi connectivity index (χ4n) is 2.56. The van der Waals surface area contributed by atoms with Gasteiger partial charge in [-0.3, -0.25) is 9.59 Å². The maximum Gasteiger partial charge on any atom is 0.308 e. The number of nitrogens with zero attached hydrogens (tertiary/aromatic N) is 1. The van der Waals surface area contributed by atoms with Gasteiger partial charge in [0, 0.05) is 18.7 Å². The van der Waals surface area contributed by atoms with Crippen molar-refractivity contribution >= 4 is 11.9 Å². The van der Waals surface area contributed by atoms with E-state index in [1.807, 2.05) is 31.2 Å². The minimum Gasteiger partial charge on any atom is -0.481 e. The molecule has 0 saturated heterocycles. The fraction of sp³-hybridized carbons (Fsp3) is 0.467. The highest BCUT2D eigenvalue weighted by molar-refractivity contribution is 5.96. The maximum atomic E-state index is 12.3. The second-order valence-corrected chi connectivity index (χ2v) is 4.98. The van der Waals surface area contributed by atoms with Gasteiger partial charge in [0.1, 0.15) is 0 Å². The molecule has 1 N–H and O–H groups in total. The van der Waals surface area contributed by atoms with Crippen molar-refractivity contribution < 1.29 is 14.7 Å². The fourth-order valence-corrected chi connectivity index (χ4v) is 2.56. The van der Waals surface area contributed by atoms with Gasteiger partial charge in [-0.1, -0.05) is 31.5 Å². The molecule has 1 aromatic carbocycles. The van der Waals surface area contributed by atoms with Gasteiger partial charge in [0.15, 0.2) is 0 Å². The van der Waals surface area contributed by atoms with Crippen LogP contribution in [0.5, 0.6) is 0 Å². The first-order chi connectivity index (χ1) is 9.13. The van der Waals surface area contributed by atoms with Crippen molar-refractivity contribution in [1.82, 2.24) is 4.90 Å². The summed E-state index contributed by atoms with van der Waals surface area (Å²) in [6, 6.07) is 7.56. The molecule has 102 valence electrons. The first kappa shape index (κ1) is 13.6. The zero-order valence-electron chi connectivity index (χ0n) is 11.1. The molecular weight excluding hydrogens is 242 g/mol. The van der Waals surface area contributed by atoms with Crippen molar-refractivity contribution in [3.8, 4) is 0 Å². The molecule has 4 nitrogen and oxygen atoms in total. The van der Waals surface area contributed by atoms with Gasteiger partial charge in [-0.25, -0.2) is 0 Å². The van der Waals surface area contributed by atoms with Gasteiger partial charge in [-0.2, -0.15) is 0 Å². The Balaban J connectivity index is 2.11. The number of rotatable bonds is 5. The zero-order chi connectivity index (χ0) is 13.8. The summed E-state index contributed by atoms with van der Waals surface area (Å²) in [6.45, 7) is 2.89. The third-order valence-corrected chi connectivity index (χ3v) is 3.61. The van der Waals surface area contributed by atoms with Crippen molar-refractivity contribution in [3.63, 3.8) is 0 Å². The molecule has 1 aliphatic heterocycles. The summed E-state index contributed by atoms with van der Waals surface area (Å²) >= 11 is 0. The normalized spacial score (nSPS) is 16.1. The van der Waals surface area contributed by atoms with E-state index < -0.39 is 11.9 Å². The van der Waals surface area contributed by atoms with Crippen LogP contribution in [0.2, 0.25) is 0 Å². The number of hydrogen-bond acceptors (Lipinski definition) is 2. The molecule has 1 unspecified atom stereocenters. The van der Waals surface area contributed by atoms with E-state index in [-0.39, 0.29) is 5.91 Å². The number of carbonyl (C=O) groups is 2.